The van der Waals surface area contributed by atoms with Gasteiger partial charge in [-0.15, -0.1) is 0 Å². The van der Waals surface area contributed by atoms with E-state index in [1.54, 1.807) is 13.8 Å². The molecule has 0 saturated carbocycles. The van der Waals surface area contributed by atoms with E-state index >= 15 is 0 Å². The van der Waals surface area contributed by atoms with Crippen LogP contribution in [0, 0.1) is 11.6 Å². The molecule has 0 aromatic heterocycles. The summed E-state index contributed by atoms with van der Waals surface area (Å²) >= 11 is 0. The predicted octanol–water partition coefficient (Wildman–Crippen LogP) is 1.98. The van der Waals surface area contributed by atoms with Gasteiger partial charge >= 0.3 is 0 Å². The van der Waals surface area contributed by atoms with Crippen molar-refractivity contribution in [2.75, 3.05) is 6.54 Å². The van der Waals surface area contributed by atoms with Gasteiger partial charge in [-0.2, -0.15) is 4.39 Å². The molecule has 0 aliphatic carbocycles. The number of likely N-dealkylation sites (N-methyl/N-ethyl adjacent to an activating group) is 1. The molecule has 0 fully saturated rings. The third-order valence-corrected chi connectivity index (χ3v) is 3.05. The molecule has 1 aromatic carbocycles. The lowest BCUT2D eigenvalue weighted by atomic mass is 9.94. The van der Waals surface area contributed by atoms with Crippen LogP contribution in [0.1, 0.15) is 27.2 Å². The summed E-state index contributed by atoms with van der Waals surface area (Å²) in [6.45, 7) is 5.73. The summed E-state index contributed by atoms with van der Waals surface area (Å²) in [5.41, 5.74) is 4.40. The maximum Gasteiger partial charge on any atom is 0.237 e. The quantitative estimate of drug-likeness (QED) is 0.805. The second kappa shape index (κ2) is 6.65. The van der Waals surface area contributed by atoms with Crippen molar-refractivity contribution in [2.45, 2.75) is 38.8 Å². The SMILES string of the molecule is CCNC(C)(CC(C)Oc1cccc(F)c1F)C(N)=O. The first-order valence-electron chi connectivity index (χ1n) is 6.45. The van der Waals surface area contributed by atoms with Crippen molar-refractivity contribution in [2.24, 2.45) is 5.73 Å². The fourth-order valence-electron chi connectivity index (χ4n) is 2.06. The zero-order chi connectivity index (χ0) is 15.3. The van der Waals surface area contributed by atoms with E-state index in [1.807, 2.05) is 6.92 Å². The largest absolute Gasteiger partial charge is 0.487 e. The highest BCUT2D eigenvalue weighted by atomic mass is 19.2. The molecule has 112 valence electrons. The molecule has 0 heterocycles. The predicted molar refractivity (Wildman–Crippen MR) is 72.3 cm³/mol. The van der Waals surface area contributed by atoms with E-state index in [9.17, 15) is 13.6 Å². The third kappa shape index (κ3) is 3.90. The Balaban J connectivity index is 2.78. The molecule has 0 spiro atoms. The summed E-state index contributed by atoms with van der Waals surface area (Å²) in [6.07, 6.45) is -0.269. The number of amides is 1. The number of benzene rings is 1. The summed E-state index contributed by atoms with van der Waals surface area (Å²) in [4.78, 5) is 11.5. The van der Waals surface area contributed by atoms with E-state index in [4.69, 9.17) is 10.5 Å². The van der Waals surface area contributed by atoms with E-state index in [-0.39, 0.29) is 12.2 Å². The monoisotopic (exact) mass is 286 g/mol. The van der Waals surface area contributed by atoms with E-state index in [0.29, 0.717) is 6.54 Å². The molecule has 20 heavy (non-hydrogen) atoms. The van der Waals surface area contributed by atoms with Crippen LogP contribution < -0.4 is 15.8 Å². The molecule has 3 N–H and O–H groups in total. The van der Waals surface area contributed by atoms with Gasteiger partial charge in [-0.25, -0.2) is 4.39 Å². The molecule has 0 saturated heterocycles. The number of primary amides is 1. The van der Waals surface area contributed by atoms with Gasteiger partial charge in [-0.05, 0) is 32.5 Å². The Morgan fingerprint density at radius 3 is 2.70 bits per heavy atom. The van der Waals surface area contributed by atoms with Crippen LogP contribution in [0.5, 0.6) is 5.75 Å². The summed E-state index contributed by atoms with van der Waals surface area (Å²) in [7, 11) is 0. The van der Waals surface area contributed by atoms with Gasteiger partial charge in [-0.3, -0.25) is 4.79 Å². The van der Waals surface area contributed by atoms with E-state index in [2.05, 4.69) is 5.32 Å². The first kappa shape index (κ1) is 16.4. The van der Waals surface area contributed by atoms with Gasteiger partial charge in [0, 0.05) is 6.42 Å². The lowest BCUT2D eigenvalue weighted by Gasteiger charge is -2.30. The van der Waals surface area contributed by atoms with Gasteiger partial charge < -0.3 is 15.8 Å². The molecular weight excluding hydrogens is 266 g/mol. The fraction of sp³-hybridized carbons (Fsp3) is 0.500. The number of halogens is 2. The van der Waals surface area contributed by atoms with Crippen molar-refractivity contribution in [3.8, 4) is 5.75 Å². The maximum atomic E-state index is 13.5. The van der Waals surface area contributed by atoms with Gasteiger partial charge in [-0.1, -0.05) is 13.0 Å². The molecule has 0 radical (unpaired) electrons. The van der Waals surface area contributed by atoms with Gasteiger partial charge in [0.1, 0.15) is 0 Å². The normalized spacial score (nSPS) is 15.4. The van der Waals surface area contributed by atoms with Crippen LogP contribution in [0.4, 0.5) is 8.78 Å². The lowest BCUT2D eigenvalue weighted by molar-refractivity contribution is -0.124. The minimum atomic E-state index is -1.04. The van der Waals surface area contributed by atoms with Crippen molar-refractivity contribution in [1.82, 2.24) is 5.32 Å². The second-order valence-electron chi connectivity index (χ2n) is 4.91. The average Bonchev–Trinajstić information content (AvgIpc) is 2.35. The lowest BCUT2D eigenvalue weighted by Crippen LogP contribution is -2.55. The molecular formula is C14H20F2N2O2. The van der Waals surface area contributed by atoms with Crippen LogP contribution in [0.25, 0.3) is 0 Å². The molecule has 2 atom stereocenters. The summed E-state index contributed by atoms with van der Waals surface area (Å²) in [6, 6.07) is 3.71. The number of rotatable bonds is 7. The molecule has 2 unspecified atom stereocenters. The summed E-state index contributed by atoms with van der Waals surface area (Å²) < 4.78 is 31.9. The zero-order valence-electron chi connectivity index (χ0n) is 11.9. The van der Waals surface area contributed by atoms with Crippen LogP contribution in [-0.4, -0.2) is 24.1 Å². The Bertz CT molecular complexity index is 482. The van der Waals surface area contributed by atoms with Gasteiger partial charge in [0.2, 0.25) is 11.7 Å². The highest BCUT2D eigenvalue weighted by Gasteiger charge is 2.32. The molecule has 1 rings (SSSR count). The number of hydrogen-bond acceptors (Lipinski definition) is 3. The fourth-order valence-corrected chi connectivity index (χ4v) is 2.06. The highest BCUT2D eigenvalue weighted by Crippen LogP contribution is 2.23. The van der Waals surface area contributed by atoms with Crippen molar-refractivity contribution in [1.29, 1.82) is 0 Å². The van der Waals surface area contributed by atoms with Crippen molar-refractivity contribution < 1.29 is 18.3 Å². The van der Waals surface area contributed by atoms with Crippen molar-refractivity contribution in [3.05, 3.63) is 29.8 Å². The molecule has 1 aromatic rings. The van der Waals surface area contributed by atoms with Gasteiger partial charge in [0.05, 0.1) is 11.6 Å². The Labute approximate surface area is 117 Å². The maximum absolute atomic E-state index is 13.5. The van der Waals surface area contributed by atoms with Crippen LogP contribution in [-0.2, 0) is 4.79 Å². The van der Waals surface area contributed by atoms with Crippen LogP contribution in [0.15, 0.2) is 18.2 Å². The summed E-state index contributed by atoms with van der Waals surface area (Å²) in [5.74, 6) is -2.71. The van der Waals surface area contributed by atoms with E-state index < -0.39 is 29.2 Å². The topological polar surface area (TPSA) is 64.3 Å². The molecule has 4 nitrogen and oxygen atoms in total. The highest BCUT2D eigenvalue weighted by molar-refractivity contribution is 5.84. The smallest absolute Gasteiger partial charge is 0.237 e. The van der Waals surface area contributed by atoms with Gasteiger partial charge in [0.15, 0.2) is 11.6 Å². The van der Waals surface area contributed by atoms with Crippen LogP contribution in [0.2, 0.25) is 0 Å². The standard InChI is InChI=1S/C14H20F2N2O2/c1-4-18-14(3,13(17)19)8-9(2)20-11-7-5-6-10(15)12(11)16/h5-7,9,18H,4,8H2,1-3H3,(H2,17,19). The number of ether oxygens (including phenoxy) is 1. The number of hydrogen-bond donors (Lipinski definition) is 2. The summed E-state index contributed by atoms with van der Waals surface area (Å²) in [5, 5.41) is 2.98. The van der Waals surface area contributed by atoms with Crippen molar-refractivity contribution in [3.63, 3.8) is 0 Å². The van der Waals surface area contributed by atoms with Crippen LogP contribution >= 0.6 is 0 Å². The number of carbonyl (C=O) groups is 1. The first-order valence-corrected chi connectivity index (χ1v) is 6.45. The first-order chi connectivity index (χ1) is 9.30. The molecule has 1 amide bonds. The van der Waals surface area contributed by atoms with Crippen molar-refractivity contribution >= 4 is 5.91 Å². The Hall–Kier alpha value is -1.69. The van der Waals surface area contributed by atoms with E-state index in [1.165, 1.54) is 12.1 Å². The molecule has 6 heteroatoms. The third-order valence-electron chi connectivity index (χ3n) is 3.05. The molecule has 0 aliphatic heterocycles. The number of nitrogens with one attached hydrogen (secondary N) is 1. The Kier molecular flexibility index (Phi) is 5.44. The molecule has 0 aliphatic rings. The van der Waals surface area contributed by atoms with Crippen LogP contribution in [0.3, 0.4) is 0 Å². The number of carbonyl (C=O) groups excluding carboxylic acids is 1. The minimum absolute atomic E-state index is 0.180. The van der Waals surface area contributed by atoms with Gasteiger partial charge in [0.25, 0.3) is 0 Å². The molecule has 0 bridgehead atoms. The average molecular weight is 286 g/mol. The zero-order valence-corrected chi connectivity index (χ0v) is 11.9. The Morgan fingerprint density at radius 1 is 1.50 bits per heavy atom. The number of nitrogens with two attached hydrogens (primary N) is 1. The van der Waals surface area contributed by atoms with E-state index in [0.717, 1.165) is 6.07 Å². The Morgan fingerprint density at radius 2 is 2.15 bits per heavy atom. The second-order valence-corrected chi connectivity index (χ2v) is 4.91. The minimum Gasteiger partial charge on any atom is -0.487 e.